The third kappa shape index (κ3) is 4.22. The van der Waals surface area contributed by atoms with Gasteiger partial charge in [-0.2, -0.15) is 5.26 Å². The van der Waals surface area contributed by atoms with E-state index >= 15 is 0 Å². The number of aromatic nitrogens is 1. The second-order valence-corrected chi connectivity index (χ2v) is 6.50. The molecule has 1 aromatic carbocycles. The van der Waals surface area contributed by atoms with Crippen LogP contribution in [-0.2, 0) is 16.0 Å². The number of nitriles is 1. The molecule has 1 N–H and O–H groups in total. The van der Waals surface area contributed by atoms with Crippen LogP contribution in [0.4, 0.5) is 5.69 Å². The molecule has 0 aliphatic heterocycles. The SMILES string of the molecule is CCc1ccc(NC(=O)[C@@H](C)OC(=O)c2c(C)oc(-n3cccc3)c2C#N)cc1. The molecule has 0 bridgehead atoms. The molecule has 1 amide bonds. The number of furan rings is 1. The van der Waals surface area contributed by atoms with Gasteiger partial charge in [0.1, 0.15) is 23.0 Å². The highest BCUT2D eigenvalue weighted by atomic mass is 16.5. The molecule has 0 aliphatic rings. The number of amides is 1. The summed E-state index contributed by atoms with van der Waals surface area (Å²) >= 11 is 0. The molecule has 29 heavy (non-hydrogen) atoms. The summed E-state index contributed by atoms with van der Waals surface area (Å²) in [6.45, 7) is 5.09. The van der Waals surface area contributed by atoms with E-state index in [1.807, 2.05) is 25.1 Å². The van der Waals surface area contributed by atoms with E-state index in [0.717, 1.165) is 12.0 Å². The number of ether oxygens (including phenoxy) is 1. The molecule has 3 aromatic rings. The fourth-order valence-electron chi connectivity index (χ4n) is 2.87. The van der Waals surface area contributed by atoms with Gasteiger partial charge in [-0.25, -0.2) is 4.79 Å². The van der Waals surface area contributed by atoms with Crippen LogP contribution in [-0.4, -0.2) is 22.5 Å². The van der Waals surface area contributed by atoms with Crippen LogP contribution in [0.5, 0.6) is 0 Å². The zero-order valence-electron chi connectivity index (χ0n) is 16.4. The van der Waals surface area contributed by atoms with Crippen LogP contribution in [0, 0.1) is 18.3 Å². The van der Waals surface area contributed by atoms with Gasteiger partial charge in [-0.1, -0.05) is 19.1 Å². The first-order valence-electron chi connectivity index (χ1n) is 9.22. The molecule has 3 rings (SSSR count). The lowest BCUT2D eigenvalue weighted by Gasteiger charge is -2.13. The molecule has 7 heteroatoms. The van der Waals surface area contributed by atoms with Crippen LogP contribution >= 0.6 is 0 Å². The number of rotatable bonds is 6. The number of hydrogen-bond acceptors (Lipinski definition) is 5. The van der Waals surface area contributed by atoms with Gasteiger partial charge in [0.05, 0.1) is 0 Å². The number of hydrogen-bond donors (Lipinski definition) is 1. The van der Waals surface area contributed by atoms with Crippen LogP contribution in [0.25, 0.3) is 5.88 Å². The van der Waals surface area contributed by atoms with Gasteiger partial charge in [-0.15, -0.1) is 0 Å². The van der Waals surface area contributed by atoms with Gasteiger partial charge in [-0.3, -0.25) is 9.36 Å². The van der Waals surface area contributed by atoms with Crippen molar-refractivity contribution >= 4 is 17.6 Å². The molecule has 0 spiro atoms. The summed E-state index contributed by atoms with van der Waals surface area (Å²) in [6, 6.07) is 13.0. The van der Waals surface area contributed by atoms with Crippen molar-refractivity contribution in [2.75, 3.05) is 5.32 Å². The van der Waals surface area contributed by atoms with Crippen LogP contribution in [0.1, 0.15) is 41.1 Å². The van der Waals surface area contributed by atoms with Gasteiger partial charge < -0.3 is 14.5 Å². The molecule has 0 saturated heterocycles. The fourth-order valence-corrected chi connectivity index (χ4v) is 2.87. The summed E-state index contributed by atoms with van der Waals surface area (Å²) in [7, 11) is 0. The van der Waals surface area contributed by atoms with E-state index in [1.165, 1.54) is 6.92 Å². The second kappa shape index (κ2) is 8.48. The molecule has 0 saturated carbocycles. The lowest BCUT2D eigenvalue weighted by molar-refractivity contribution is -0.123. The van der Waals surface area contributed by atoms with Crippen molar-refractivity contribution in [3.63, 3.8) is 0 Å². The molecule has 0 unspecified atom stereocenters. The first kappa shape index (κ1) is 20.0. The lowest BCUT2D eigenvalue weighted by Crippen LogP contribution is -2.30. The molecular formula is C22H21N3O4. The second-order valence-electron chi connectivity index (χ2n) is 6.50. The molecule has 148 valence electrons. The van der Waals surface area contributed by atoms with Crippen LogP contribution in [0.3, 0.4) is 0 Å². The molecule has 1 atom stereocenters. The van der Waals surface area contributed by atoms with Crippen molar-refractivity contribution in [3.8, 4) is 12.0 Å². The fraction of sp³-hybridized carbons (Fsp3) is 0.227. The monoisotopic (exact) mass is 391 g/mol. The molecule has 2 aromatic heterocycles. The Morgan fingerprint density at radius 1 is 1.24 bits per heavy atom. The summed E-state index contributed by atoms with van der Waals surface area (Å²) in [4.78, 5) is 25.0. The molecule has 0 fully saturated rings. The maximum absolute atomic E-state index is 12.7. The zero-order chi connectivity index (χ0) is 21.0. The Morgan fingerprint density at radius 2 is 1.90 bits per heavy atom. The maximum Gasteiger partial charge on any atom is 0.343 e. The number of aryl methyl sites for hydroxylation is 2. The normalized spacial score (nSPS) is 11.5. The van der Waals surface area contributed by atoms with E-state index in [4.69, 9.17) is 9.15 Å². The summed E-state index contributed by atoms with van der Waals surface area (Å²) in [5.41, 5.74) is 1.84. The molecule has 7 nitrogen and oxygen atoms in total. The number of nitrogens with zero attached hydrogens (tertiary/aromatic N) is 2. The third-order valence-electron chi connectivity index (χ3n) is 4.50. The highest BCUT2D eigenvalue weighted by Gasteiger charge is 2.28. The first-order chi connectivity index (χ1) is 13.9. The van der Waals surface area contributed by atoms with Crippen molar-refractivity contribution in [2.45, 2.75) is 33.3 Å². The summed E-state index contributed by atoms with van der Waals surface area (Å²) in [6.07, 6.45) is 3.25. The van der Waals surface area contributed by atoms with Gasteiger partial charge in [0.25, 0.3) is 5.91 Å². The smallest absolute Gasteiger partial charge is 0.343 e. The predicted molar refractivity (Wildman–Crippen MR) is 107 cm³/mol. The van der Waals surface area contributed by atoms with Gasteiger partial charge in [-0.05, 0) is 50.1 Å². The van der Waals surface area contributed by atoms with E-state index in [1.54, 1.807) is 48.1 Å². The van der Waals surface area contributed by atoms with E-state index < -0.39 is 18.0 Å². The van der Waals surface area contributed by atoms with Crippen molar-refractivity contribution in [1.82, 2.24) is 4.57 Å². The van der Waals surface area contributed by atoms with E-state index in [0.29, 0.717) is 5.69 Å². The molecular weight excluding hydrogens is 370 g/mol. The average molecular weight is 391 g/mol. The highest BCUT2D eigenvalue weighted by Crippen LogP contribution is 2.26. The minimum absolute atomic E-state index is 0.0168. The average Bonchev–Trinajstić information content (AvgIpc) is 3.35. The lowest BCUT2D eigenvalue weighted by atomic mass is 10.1. The Morgan fingerprint density at radius 3 is 2.48 bits per heavy atom. The van der Waals surface area contributed by atoms with Gasteiger partial charge in [0.2, 0.25) is 5.88 Å². The third-order valence-corrected chi connectivity index (χ3v) is 4.50. The quantitative estimate of drug-likeness (QED) is 0.641. The Hall–Kier alpha value is -3.79. The van der Waals surface area contributed by atoms with E-state index in [-0.39, 0.29) is 22.8 Å². The van der Waals surface area contributed by atoms with Crippen molar-refractivity contribution in [3.05, 3.63) is 71.2 Å². The first-order valence-corrected chi connectivity index (χ1v) is 9.22. The number of carbonyl (C=O) groups excluding carboxylic acids is 2. The molecule has 2 heterocycles. The minimum Gasteiger partial charge on any atom is -0.449 e. The molecule has 0 radical (unpaired) electrons. The standard InChI is InChI=1S/C22H21N3O4/c1-4-16-7-9-17(10-8-16)24-20(26)15(3)29-22(27)19-14(2)28-21(18(19)13-23)25-11-5-6-12-25/h5-12,15H,4H2,1-3H3,(H,24,26)/t15-/m1/s1. The Balaban J connectivity index is 1.74. The van der Waals surface area contributed by atoms with Crippen molar-refractivity contribution < 1.29 is 18.7 Å². The van der Waals surface area contributed by atoms with Crippen molar-refractivity contribution in [1.29, 1.82) is 5.26 Å². The predicted octanol–water partition coefficient (Wildman–Crippen LogP) is 4.00. The maximum atomic E-state index is 12.7. The van der Waals surface area contributed by atoms with E-state index in [9.17, 15) is 14.9 Å². The van der Waals surface area contributed by atoms with Gasteiger partial charge >= 0.3 is 5.97 Å². The van der Waals surface area contributed by atoms with Gasteiger partial charge in [0, 0.05) is 18.1 Å². The Bertz CT molecular complexity index is 1060. The summed E-state index contributed by atoms with van der Waals surface area (Å²) in [5.74, 6) is -0.772. The van der Waals surface area contributed by atoms with Crippen LogP contribution in [0.2, 0.25) is 0 Å². The topological polar surface area (TPSA) is 97.3 Å². The number of nitrogens with one attached hydrogen (secondary N) is 1. The van der Waals surface area contributed by atoms with Crippen molar-refractivity contribution in [2.24, 2.45) is 0 Å². The van der Waals surface area contributed by atoms with Gasteiger partial charge in [0.15, 0.2) is 6.10 Å². The number of carbonyl (C=O) groups is 2. The van der Waals surface area contributed by atoms with Crippen LogP contribution in [0.15, 0.2) is 53.2 Å². The highest BCUT2D eigenvalue weighted by molar-refractivity contribution is 5.99. The largest absolute Gasteiger partial charge is 0.449 e. The zero-order valence-corrected chi connectivity index (χ0v) is 16.4. The number of benzene rings is 1. The number of anilines is 1. The van der Waals surface area contributed by atoms with E-state index in [2.05, 4.69) is 5.32 Å². The summed E-state index contributed by atoms with van der Waals surface area (Å²) < 4.78 is 12.5. The van der Waals surface area contributed by atoms with Crippen LogP contribution < -0.4 is 5.32 Å². The minimum atomic E-state index is -1.05. The number of esters is 1. The summed E-state index contributed by atoms with van der Waals surface area (Å²) in [5, 5.41) is 12.2. The molecule has 0 aliphatic carbocycles. The Kier molecular flexibility index (Phi) is 5.84. The Labute approximate surface area is 168 Å².